The summed E-state index contributed by atoms with van der Waals surface area (Å²) in [5, 5.41) is 0. The zero-order valence-corrected chi connectivity index (χ0v) is 14.6. The van der Waals surface area contributed by atoms with Gasteiger partial charge in [-0.1, -0.05) is 78.6 Å². The molecule has 0 bridgehead atoms. The van der Waals surface area contributed by atoms with Gasteiger partial charge in [-0.2, -0.15) is 0 Å². The molecule has 0 aromatic rings. The van der Waals surface area contributed by atoms with Crippen LogP contribution in [0.3, 0.4) is 0 Å². The summed E-state index contributed by atoms with van der Waals surface area (Å²) in [7, 11) is 3.46. The van der Waals surface area contributed by atoms with E-state index in [9.17, 15) is 0 Å². The van der Waals surface area contributed by atoms with E-state index >= 15 is 0 Å². The smallest absolute Gasteiger partial charge is 0.159 e. The van der Waals surface area contributed by atoms with Crippen molar-refractivity contribution in [2.45, 2.75) is 91.3 Å². The Morgan fingerprint density at radius 3 is 1.85 bits per heavy atom. The molecule has 0 saturated carbocycles. The number of rotatable bonds is 14. The Morgan fingerprint density at radius 1 is 0.700 bits per heavy atom. The van der Waals surface area contributed by atoms with Crippen molar-refractivity contribution in [3.63, 3.8) is 0 Å². The normalized spacial score (nSPS) is 14.7. The second kappa shape index (κ2) is 13.9. The third-order valence-electron chi connectivity index (χ3n) is 4.34. The predicted octanol–water partition coefficient (Wildman–Crippen LogP) is 5.80. The van der Waals surface area contributed by atoms with Crippen LogP contribution in [-0.2, 0) is 9.47 Å². The SMILES string of the molecule is CCCCCCCC[C@H](C)CCC[C@H](C)C(OC)OC. The molecule has 0 rings (SSSR count). The third-order valence-corrected chi connectivity index (χ3v) is 4.34. The molecule has 0 fully saturated rings. The van der Waals surface area contributed by atoms with Crippen LogP contribution < -0.4 is 0 Å². The molecule has 0 saturated heterocycles. The van der Waals surface area contributed by atoms with E-state index in [0.29, 0.717) is 5.92 Å². The van der Waals surface area contributed by atoms with Gasteiger partial charge in [0.2, 0.25) is 0 Å². The lowest BCUT2D eigenvalue weighted by molar-refractivity contribution is -0.134. The molecule has 122 valence electrons. The lowest BCUT2D eigenvalue weighted by atomic mass is 9.94. The van der Waals surface area contributed by atoms with Crippen molar-refractivity contribution in [2.75, 3.05) is 14.2 Å². The zero-order chi connectivity index (χ0) is 15.2. The fourth-order valence-electron chi connectivity index (χ4n) is 2.90. The first-order chi connectivity index (χ1) is 9.65. The van der Waals surface area contributed by atoms with Gasteiger partial charge in [-0.05, 0) is 12.3 Å². The zero-order valence-electron chi connectivity index (χ0n) is 14.6. The number of hydrogen-bond donors (Lipinski definition) is 0. The Balaban J connectivity index is 3.46. The summed E-state index contributed by atoms with van der Waals surface area (Å²) in [6.07, 6.45) is 13.7. The first-order valence-corrected chi connectivity index (χ1v) is 8.71. The minimum atomic E-state index is -0.0381. The fourth-order valence-corrected chi connectivity index (χ4v) is 2.90. The van der Waals surface area contributed by atoms with Crippen LogP contribution in [0, 0.1) is 11.8 Å². The van der Waals surface area contributed by atoms with Crippen molar-refractivity contribution in [2.24, 2.45) is 11.8 Å². The molecule has 0 amide bonds. The van der Waals surface area contributed by atoms with E-state index in [4.69, 9.17) is 9.47 Å². The van der Waals surface area contributed by atoms with E-state index in [1.165, 1.54) is 64.2 Å². The van der Waals surface area contributed by atoms with Crippen LogP contribution in [0.4, 0.5) is 0 Å². The summed E-state index contributed by atoms with van der Waals surface area (Å²) in [5.41, 5.74) is 0. The number of hydrogen-bond acceptors (Lipinski definition) is 2. The quantitative estimate of drug-likeness (QED) is 0.297. The molecular formula is C18H38O2. The molecule has 0 N–H and O–H groups in total. The molecule has 0 unspecified atom stereocenters. The third kappa shape index (κ3) is 10.7. The maximum atomic E-state index is 5.31. The van der Waals surface area contributed by atoms with Crippen molar-refractivity contribution in [1.29, 1.82) is 0 Å². The second-order valence-electron chi connectivity index (χ2n) is 6.41. The van der Waals surface area contributed by atoms with Crippen LogP contribution in [0.25, 0.3) is 0 Å². The van der Waals surface area contributed by atoms with Crippen molar-refractivity contribution in [3.05, 3.63) is 0 Å². The molecule has 0 spiro atoms. The molecule has 0 aliphatic rings. The van der Waals surface area contributed by atoms with Gasteiger partial charge in [0, 0.05) is 20.1 Å². The number of methoxy groups -OCH3 is 2. The van der Waals surface area contributed by atoms with Gasteiger partial charge in [0.1, 0.15) is 0 Å². The molecule has 20 heavy (non-hydrogen) atoms. The molecule has 2 atom stereocenters. The summed E-state index contributed by atoms with van der Waals surface area (Å²) in [6, 6.07) is 0. The minimum Gasteiger partial charge on any atom is -0.356 e. The monoisotopic (exact) mass is 286 g/mol. The molecule has 0 aliphatic heterocycles. The predicted molar refractivity (Wildman–Crippen MR) is 88.0 cm³/mol. The van der Waals surface area contributed by atoms with E-state index in [-0.39, 0.29) is 6.29 Å². The molecule has 0 heterocycles. The molecule has 0 radical (unpaired) electrons. The summed E-state index contributed by atoms with van der Waals surface area (Å²) < 4.78 is 10.6. The van der Waals surface area contributed by atoms with Gasteiger partial charge in [0.05, 0.1) is 0 Å². The van der Waals surface area contributed by atoms with E-state index in [0.717, 1.165) is 5.92 Å². The summed E-state index contributed by atoms with van der Waals surface area (Å²) >= 11 is 0. The van der Waals surface area contributed by atoms with Gasteiger partial charge in [0.25, 0.3) is 0 Å². The van der Waals surface area contributed by atoms with Gasteiger partial charge in [-0.15, -0.1) is 0 Å². The minimum absolute atomic E-state index is 0.0381. The van der Waals surface area contributed by atoms with E-state index in [1.807, 2.05) is 0 Å². The molecule has 2 nitrogen and oxygen atoms in total. The largest absolute Gasteiger partial charge is 0.356 e. The van der Waals surface area contributed by atoms with Crippen LogP contribution in [-0.4, -0.2) is 20.5 Å². The molecule has 0 aliphatic carbocycles. The lowest BCUT2D eigenvalue weighted by Gasteiger charge is -2.21. The highest BCUT2D eigenvalue weighted by Crippen LogP contribution is 2.21. The van der Waals surface area contributed by atoms with Crippen LogP contribution in [0.5, 0.6) is 0 Å². The Bertz CT molecular complexity index is 190. The average Bonchev–Trinajstić information content (AvgIpc) is 2.44. The summed E-state index contributed by atoms with van der Waals surface area (Å²) in [5.74, 6) is 1.36. The summed E-state index contributed by atoms with van der Waals surface area (Å²) in [4.78, 5) is 0. The summed E-state index contributed by atoms with van der Waals surface area (Å²) in [6.45, 7) is 6.90. The Morgan fingerprint density at radius 2 is 1.25 bits per heavy atom. The van der Waals surface area contributed by atoms with Crippen LogP contribution >= 0.6 is 0 Å². The number of ether oxygens (including phenoxy) is 2. The molecule has 2 heteroatoms. The standard InChI is InChI=1S/C18H38O2/c1-6-7-8-9-10-11-13-16(2)14-12-15-17(3)18(19-4)20-5/h16-18H,6-15H2,1-5H3/t16-,17-/m0/s1. The first-order valence-electron chi connectivity index (χ1n) is 8.71. The van der Waals surface area contributed by atoms with Gasteiger partial charge in [-0.3, -0.25) is 0 Å². The highest BCUT2D eigenvalue weighted by atomic mass is 16.7. The van der Waals surface area contributed by atoms with Gasteiger partial charge >= 0.3 is 0 Å². The topological polar surface area (TPSA) is 18.5 Å². The van der Waals surface area contributed by atoms with Crippen molar-refractivity contribution >= 4 is 0 Å². The second-order valence-corrected chi connectivity index (χ2v) is 6.41. The Hall–Kier alpha value is -0.0800. The van der Waals surface area contributed by atoms with E-state index in [1.54, 1.807) is 14.2 Å². The van der Waals surface area contributed by atoms with Crippen LogP contribution in [0.1, 0.15) is 85.0 Å². The first kappa shape index (κ1) is 19.9. The lowest BCUT2D eigenvalue weighted by Crippen LogP contribution is -2.22. The maximum absolute atomic E-state index is 5.31. The van der Waals surface area contributed by atoms with Crippen LogP contribution in [0.15, 0.2) is 0 Å². The Kier molecular flexibility index (Phi) is 13.8. The van der Waals surface area contributed by atoms with E-state index < -0.39 is 0 Å². The fraction of sp³-hybridized carbons (Fsp3) is 1.00. The molecule has 0 aromatic heterocycles. The van der Waals surface area contributed by atoms with Crippen molar-refractivity contribution < 1.29 is 9.47 Å². The van der Waals surface area contributed by atoms with Gasteiger partial charge < -0.3 is 9.47 Å². The van der Waals surface area contributed by atoms with Crippen molar-refractivity contribution in [3.8, 4) is 0 Å². The van der Waals surface area contributed by atoms with Gasteiger partial charge in [0.15, 0.2) is 6.29 Å². The van der Waals surface area contributed by atoms with E-state index in [2.05, 4.69) is 20.8 Å². The highest BCUT2D eigenvalue weighted by molar-refractivity contribution is 4.60. The van der Waals surface area contributed by atoms with Crippen molar-refractivity contribution in [1.82, 2.24) is 0 Å². The molecular weight excluding hydrogens is 248 g/mol. The average molecular weight is 286 g/mol. The molecule has 0 aromatic carbocycles. The van der Waals surface area contributed by atoms with Crippen LogP contribution in [0.2, 0.25) is 0 Å². The maximum Gasteiger partial charge on any atom is 0.159 e. The Labute approximate surface area is 127 Å². The highest BCUT2D eigenvalue weighted by Gasteiger charge is 2.15. The number of unbranched alkanes of at least 4 members (excludes halogenated alkanes) is 5. The van der Waals surface area contributed by atoms with Gasteiger partial charge in [-0.25, -0.2) is 0 Å².